The van der Waals surface area contributed by atoms with E-state index in [2.05, 4.69) is 5.10 Å². The number of rotatable bonds is 5. The molecule has 6 heteroatoms. The van der Waals surface area contributed by atoms with Gasteiger partial charge in [-0.1, -0.05) is 18.2 Å². The van der Waals surface area contributed by atoms with Crippen molar-refractivity contribution in [2.45, 2.75) is 31.8 Å². The monoisotopic (exact) mass is 315 g/mol. The normalized spacial score (nSPS) is 11.7. The van der Waals surface area contributed by atoms with Gasteiger partial charge in [0.05, 0.1) is 27.7 Å². The van der Waals surface area contributed by atoms with Gasteiger partial charge in [-0.05, 0) is 32.9 Å². The number of ether oxygens (including phenoxy) is 1. The van der Waals surface area contributed by atoms with Crippen LogP contribution in [0.15, 0.2) is 35.2 Å². The van der Waals surface area contributed by atoms with Crippen LogP contribution in [0, 0.1) is 25.2 Å². The molecule has 0 radical (unpaired) electrons. The van der Waals surface area contributed by atoms with Gasteiger partial charge in [-0.3, -0.25) is 4.79 Å². The topological polar surface area (TPSA) is 67.9 Å². The van der Waals surface area contributed by atoms with Crippen molar-refractivity contribution in [3.63, 3.8) is 0 Å². The Kier molecular flexibility index (Phi) is 5.23. The number of carbonyl (C=O) groups excluding carboxylic acids is 1. The summed E-state index contributed by atoms with van der Waals surface area (Å²) in [6, 6.07) is 11.7. The molecule has 0 bridgehead atoms. The first-order valence-electron chi connectivity index (χ1n) is 6.86. The van der Waals surface area contributed by atoms with Crippen molar-refractivity contribution in [2.75, 3.05) is 5.75 Å². The lowest BCUT2D eigenvalue weighted by Crippen LogP contribution is -2.14. The van der Waals surface area contributed by atoms with E-state index in [9.17, 15) is 4.79 Å². The molecular weight excluding hydrogens is 298 g/mol. The quantitative estimate of drug-likeness (QED) is 0.626. The molecule has 0 unspecified atom stereocenters. The van der Waals surface area contributed by atoms with Gasteiger partial charge in [-0.15, -0.1) is 11.8 Å². The number of aromatic nitrogens is 2. The Bertz CT molecular complexity index is 704. The van der Waals surface area contributed by atoms with Gasteiger partial charge in [0.1, 0.15) is 6.07 Å². The molecule has 5 nitrogen and oxygen atoms in total. The van der Waals surface area contributed by atoms with Crippen molar-refractivity contribution in [3.05, 3.63) is 41.7 Å². The molecule has 1 atom stereocenters. The maximum Gasteiger partial charge on any atom is 0.317 e. The Morgan fingerprint density at radius 3 is 2.73 bits per heavy atom. The molecule has 0 aliphatic rings. The van der Waals surface area contributed by atoms with Gasteiger partial charge < -0.3 is 4.74 Å². The average Bonchev–Trinajstić information content (AvgIpc) is 2.80. The molecule has 2 rings (SSSR count). The molecule has 0 aliphatic carbocycles. The first-order chi connectivity index (χ1) is 10.5. The van der Waals surface area contributed by atoms with E-state index < -0.39 is 12.1 Å². The van der Waals surface area contributed by atoms with E-state index in [0.29, 0.717) is 0 Å². The van der Waals surface area contributed by atoms with Gasteiger partial charge in [-0.25, -0.2) is 4.68 Å². The molecule has 0 amide bonds. The van der Waals surface area contributed by atoms with Gasteiger partial charge >= 0.3 is 5.97 Å². The van der Waals surface area contributed by atoms with Crippen LogP contribution in [0.5, 0.6) is 0 Å². The summed E-state index contributed by atoms with van der Waals surface area (Å²) >= 11 is 1.38. The third-order valence-corrected chi connectivity index (χ3v) is 4.31. The Morgan fingerprint density at radius 2 is 2.09 bits per heavy atom. The Hall–Kier alpha value is -2.26. The second kappa shape index (κ2) is 7.14. The lowest BCUT2D eigenvalue weighted by atomic mass is 10.3. The molecule has 1 aromatic carbocycles. The third-order valence-electron chi connectivity index (χ3n) is 3.05. The molecule has 22 heavy (non-hydrogen) atoms. The lowest BCUT2D eigenvalue weighted by Gasteiger charge is -2.06. The van der Waals surface area contributed by atoms with Crippen LogP contribution < -0.4 is 0 Å². The van der Waals surface area contributed by atoms with Crippen LogP contribution in [0.1, 0.15) is 18.3 Å². The summed E-state index contributed by atoms with van der Waals surface area (Å²) in [6.07, 6.45) is -0.720. The minimum Gasteiger partial charge on any atom is -0.447 e. The summed E-state index contributed by atoms with van der Waals surface area (Å²) in [5.41, 5.74) is 2.83. The van der Waals surface area contributed by atoms with Crippen molar-refractivity contribution in [3.8, 4) is 11.8 Å². The number of nitrogens with zero attached hydrogens (tertiary/aromatic N) is 3. The number of hydrogen-bond acceptors (Lipinski definition) is 5. The largest absolute Gasteiger partial charge is 0.447 e. The second-order valence-electron chi connectivity index (χ2n) is 4.80. The van der Waals surface area contributed by atoms with Crippen molar-refractivity contribution in [1.82, 2.24) is 9.78 Å². The number of aryl methyl sites for hydroxylation is 1. The molecule has 0 spiro atoms. The summed E-state index contributed by atoms with van der Waals surface area (Å²) in [7, 11) is 0. The minimum absolute atomic E-state index is 0.161. The fourth-order valence-electron chi connectivity index (χ4n) is 2.05. The highest BCUT2D eigenvalue weighted by Gasteiger charge is 2.16. The van der Waals surface area contributed by atoms with Crippen LogP contribution in [0.25, 0.3) is 5.69 Å². The Morgan fingerprint density at radius 1 is 1.41 bits per heavy atom. The predicted octanol–water partition coefficient (Wildman–Crippen LogP) is 3.04. The van der Waals surface area contributed by atoms with Gasteiger partial charge in [0, 0.05) is 0 Å². The van der Waals surface area contributed by atoms with Gasteiger partial charge in [0.25, 0.3) is 0 Å². The van der Waals surface area contributed by atoms with E-state index in [-0.39, 0.29) is 5.75 Å². The molecule has 0 saturated carbocycles. The summed E-state index contributed by atoms with van der Waals surface area (Å²) < 4.78 is 6.81. The van der Waals surface area contributed by atoms with Crippen molar-refractivity contribution < 1.29 is 9.53 Å². The number of para-hydroxylation sites is 1. The Labute approximate surface area is 133 Å². The average molecular weight is 315 g/mol. The van der Waals surface area contributed by atoms with E-state index >= 15 is 0 Å². The lowest BCUT2D eigenvalue weighted by molar-refractivity contribution is -0.142. The van der Waals surface area contributed by atoms with Crippen LogP contribution in [-0.4, -0.2) is 27.6 Å². The SMILES string of the molecule is Cc1nn(-c2ccccc2)c(C)c1SCC(=O)O[C@@H](C)C#N. The number of benzene rings is 1. The number of nitriles is 1. The van der Waals surface area contributed by atoms with E-state index in [1.807, 2.05) is 54.9 Å². The standard InChI is InChI=1S/C16H17N3O2S/c1-11(9-17)21-15(20)10-22-16-12(2)18-19(13(16)3)14-7-5-4-6-8-14/h4-8,11H,10H2,1-3H3/t11-/m0/s1. The van der Waals surface area contributed by atoms with E-state index in [1.54, 1.807) is 6.92 Å². The first kappa shape index (κ1) is 16.1. The van der Waals surface area contributed by atoms with Gasteiger partial charge in [0.2, 0.25) is 0 Å². The molecule has 0 saturated heterocycles. The number of esters is 1. The molecule has 0 aliphatic heterocycles. The van der Waals surface area contributed by atoms with Crippen LogP contribution >= 0.6 is 11.8 Å². The van der Waals surface area contributed by atoms with Gasteiger partial charge in [-0.2, -0.15) is 10.4 Å². The molecule has 1 aromatic heterocycles. The number of thioether (sulfide) groups is 1. The van der Waals surface area contributed by atoms with E-state index in [1.165, 1.54) is 11.8 Å². The highest BCUT2D eigenvalue weighted by Crippen LogP contribution is 2.28. The maximum absolute atomic E-state index is 11.7. The zero-order valence-electron chi connectivity index (χ0n) is 12.7. The highest BCUT2D eigenvalue weighted by molar-refractivity contribution is 8.00. The van der Waals surface area contributed by atoms with Crippen molar-refractivity contribution in [2.24, 2.45) is 0 Å². The van der Waals surface area contributed by atoms with Crippen molar-refractivity contribution >= 4 is 17.7 Å². The zero-order chi connectivity index (χ0) is 16.1. The van der Waals surface area contributed by atoms with Crippen LogP contribution in [-0.2, 0) is 9.53 Å². The molecular formula is C16H17N3O2S. The fourth-order valence-corrected chi connectivity index (χ4v) is 2.92. The second-order valence-corrected chi connectivity index (χ2v) is 5.78. The minimum atomic E-state index is -0.720. The number of carbonyl (C=O) groups is 1. The molecule has 0 N–H and O–H groups in total. The molecule has 2 aromatic rings. The van der Waals surface area contributed by atoms with Crippen molar-refractivity contribution in [1.29, 1.82) is 5.26 Å². The third kappa shape index (κ3) is 3.68. The van der Waals surface area contributed by atoms with Crippen LogP contribution in [0.4, 0.5) is 0 Å². The van der Waals surface area contributed by atoms with Gasteiger partial charge in [0.15, 0.2) is 6.10 Å². The predicted molar refractivity (Wildman–Crippen MR) is 84.9 cm³/mol. The number of hydrogen-bond donors (Lipinski definition) is 0. The van der Waals surface area contributed by atoms with E-state index in [4.69, 9.17) is 10.00 Å². The smallest absolute Gasteiger partial charge is 0.317 e. The molecule has 1 heterocycles. The first-order valence-corrected chi connectivity index (χ1v) is 7.85. The van der Waals surface area contributed by atoms with Crippen LogP contribution in [0.3, 0.4) is 0 Å². The van der Waals surface area contributed by atoms with E-state index in [0.717, 1.165) is 22.0 Å². The summed E-state index contributed by atoms with van der Waals surface area (Å²) in [4.78, 5) is 12.6. The molecule has 0 fully saturated rings. The summed E-state index contributed by atoms with van der Waals surface area (Å²) in [5.74, 6) is -0.237. The zero-order valence-corrected chi connectivity index (χ0v) is 13.6. The van der Waals surface area contributed by atoms with Crippen LogP contribution in [0.2, 0.25) is 0 Å². The highest BCUT2D eigenvalue weighted by atomic mass is 32.2. The fraction of sp³-hybridized carbons (Fsp3) is 0.312. The summed E-state index contributed by atoms with van der Waals surface area (Å²) in [5, 5.41) is 13.2. The maximum atomic E-state index is 11.7. The Balaban J connectivity index is 2.12. The summed E-state index contributed by atoms with van der Waals surface area (Å²) in [6.45, 7) is 5.43. The molecule has 114 valence electrons.